The minimum absolute atomic E-state index is 0.00309. The number of carbonyl (C=O) groups excluding carboxylic acids is 1. The second kappa shape index (κ2) is 8.86. The van der Waals surface area contributed by atoms with Crippen molar-refractivity contribution in [2.24, 2.45) is 5.14 Å². The summed E-state index contributed by atoms with van der Waals surface area (Å²) in [7, 11) is -3.80. The average molecular weight is 428 g/mol. The van der Waals surface area contributed by atoms with Gasteiger partial charge in [0.05, 0.1) is 4.90 Å². The Bertz CT molecular complexity index is 1150. The SMILES string of the molecule is C=CC(=O)Nc1ccc(Sc2ccnc(Nc3cccc(S(N)(=O)=O)c3)n2)cc1. The summed E-state index contributed by atoms with van der Waals surface area (Å²) in [5.41, 5.74) is 1.17. The second-order valence-corrected chi connectivity index (χ2v) is 8.39. The molecule has 0 saturated carbocycles. The predicted molar refractivity (Wildman–Crippen MR) is 113 cm³/mol. The Morgan fingerprint density at radius 2 is 1.86 bits per heavy atom. The van der Waals surface area contributed by atoms with Crippen molar-refractivity contribution in [3.63, 3.8) is 0 Å². The molecule has 29 heavy (non-hydrogen) atoms. The molecule has 8 nitrogen and oxygen atoms in total. The molecule has 10 heteroatoms. The molecule has 0 bridgehead atoms. The predicted octanol–water partition coefficient (Wildman–Crippen LogP) is 3.14. The summed E-state index contributed by atoms with van der Waals surface area (Å²) < 4.78 is 23.0. The number of carbonyl (C=O) groups is 1. The van der Waals surface area contributed by atoms with Crippen LogP contribution >= 0.6 is 11.8 Å². The number of rotatable bonds is 7. The van der Waals surface area contributed by atoms with Gasteiger partial charge in [0.25, 0.3) is 0 Å². The van der Waals surface area contributed by atoms with E-state index in [0.29, 0.717) is 22.3 Å². The molecule has 0 radical (unpaired) electrons. The van der Waals surface area contributed by atoms with Gasteiger partial charge in [-0.05, 0) is 54.6 Å². The summed E-state index contributed by atoms with van der Waals surface area (Å²) in [6, 6.07) is 15.1. The normalized spacial score (nSPS) is 10.9. The van der Waals surface area contributed by atoms with Crippen molar-refractivity contribution in [1.82, 2.24) is 9.97 Å². The number of aromatic nitrogens is 2. The fourth-order valence-electron chi connectivity index (χ4n) is 2.26. The third-order valence-electron chi connectivity index (χ3n) is 3.58. The van der Waals surface area contributed by atoms with Crippen LogP contribution in [0.4, 0.5) is 17.3 Å². The summed E-state index contributed by atoms with van der Waals surface area (Å²) in [5.74, 6) is 0.0415. The average Bonchev–Trinajstić information content (AvgIpc) is 2.69. The molecule has 0 fully saturated rings. The summed E-state index contributed by atoms with van der Waals surface area (Å²) >= 11 is 1.41. The third-order valence-corrected chi connectivity index (χ3v) is 5.43. The van der Waals surface area contributed by atoms with Crippen LogP contribution in [0.15, 0.2) is 88.3 Å². The third kappa shape index (κ3) is 5.88. The smallest absolute Gasteiger partial charge is 0.247 e. The lowest BCUT2D eigenvalue weighted by molar-refractivity contribution is -0.111. The maximum absolute atomic E-state index is 11.5. The number of hydrogen-bond donors (Lipinski definition) is 3. The van der Waals surface area contributed by atoms with Crippen LogP contribution in [0.3, 0.4) is 0 Å². The second-order valence-electron chi connectivity index (χ2n) is 5.74. The molecule has 0 spiro atoms. The van der Waals surface area contributed by atoms with Crippen LogP contribution in [-0.4, -0.2) is 24.3 Å². The fourth-order valence-corrected chi connectivity index (χ4v) is 3.59. The summed E-state index contributed by atoms with van der Waals surface area (Å²) in [6.07, 6.45) is 2.80. The van der Waals surface area contributed by atoms with Crippen LogP contribution in [0.5, 0.6) is 0 Å². The molecule has 3 aromatic rings. The highest BCUT2D eigenvalue weighted by Crippen LogP contribution is 2.28. The van der Waals surface area contributed by atoms with Gasteiger partial charge >= 0.3 is 0 Å². The molecule has 148 valence electrons. The lowest BCUT2D eigenvalue weighted by Gasteiger charge is -2.08. The van der Waals surface area contributed by atoms with Crippen molar-refractivity contribution < 1.29 is 13.2 Å². The zero-order valence-corrected chi connectivity index (χ0v) is 16.7. The minimum Gasteiger partial charge on any atom is -0.324 e. The molecule has 2 aromatic carbocycles. The van der Waals surface area contributed by atoms with E-state index in [1.54, 1.807) is 36.5 Å². The van der Waals surface area contributed by atoms with E-state index in [9.17, 15) is 13.2 Å². The zero-order chi connectivity index (χ0) is 20.9. The number of primary sulfonamides is 1. The highest BCUT2D eigenvalue weighted by Gasteiger charge is 2.09. The number of anilines is 3. The molecule has 3 rings (SSSR count). The van der Waals surface area contributed by atoms with Gasteiger partial charge in [-0.1, -0.05) is 24.4 Å². The van der Waals surface area contributed by atoms with Gasteiger partial charge in [0.1, 0.15) is 5.03 Å². The molecule has 0 aliphatic carbocycles. The van der Waals surface area contributed by atoms with E-state index >= 15 is 0 Å². The first-order valence-electron chi connectivity index (χ1n) is 8.28. The molecular weight excluding hydrogens is 410 g/mol. The van der Waals surface area contributed by atoms with Gasteiger partial charge in [-0.15, -0.1) is 0 Å². The van der Waals surface area contributed by atoms with E-state index in [4.69, 9.17) is 5.14 Å². The summed E-state index contributed by atoms with van der Waals surface area (Å²) in [5, 5.41) is 11.5. The van der Waals surface area contributed by atoms with Crippen LogP contribution in [-0.2, 0) is 14.8 Å². The first-order chi connectivity index (χ1) is 13.8. The molecule has 0 atom stereocenters. The Balaban J connectivity index is 1.71. The number of nitrogens with two attached hydrogens (primary N) is 1. The maximum atomic E-state index is 11.5. The van der Waals surface area contributed by atoms with Gasteiger partial charge in [0.2, 0.25) is 21.9 Å². The highest BCUT2D eigenvalue weighted by molar-refractivity contribution is 7.99. The van der Waals surface area contributed by atoms with Crippen LogP contribution in [0, 0.1) is 0 Å². The van der Waals surface area contributed by atoms with E-state index < -0.39 is 10.0 Å². The molecule has 1 heterocycles. The molecule has 1 aromatic heterocycles. The Morgan fingerprint density at radius 3 is 2.55 bits per heavy atom. The van der Waals surface area contributed by atoms with Crippen molar-refractivity contribution in [3.05, 3.63) is 73.4 Å². The van der Waals surface area contributed by atoms with Crippen LogP contribution < -0.4 is 15.8 Å². The minimum atomic E-state index is -3.80. The van der Waals surface area contributed by atoms with E-state index in [0.717, 1.165) is 4.90 Å². The van der Waals surface area contributed by atoms with E-state index in [2.05, 4.69) is 27.2 Å². The topological polar surface area (TPSA) is 127 Å². The summed E-state index contributed by atoms with van der Waals surface area (Å²) in [4.78, 5) is 20.8. The Labute approximate surface area is 172 Å². The lowest BCUT2D eigenvalue weighted by Crippen LogP contribution is -2.12. The Hall–Kier alpha value is -3.21. The van der Waals surface area contributed by atoms with Crippen molar-refractivity contribution in [2.75, 3.05) is 10.6 Å². The lowest BCUT2D eigenvalue weighted by atomic mass is 10.3. The number of amides is 1. The van der Waals surface area contributed by atoms with Crippen LogP contribution in [0.1, 0.15) is 0 Å². The van der Waals surface area contributed by atoms with Gasteiger partial charge in [-0.3, -0.25) is 4.79 Å². The van der Waals surface area contributed by atoms with E-state index in [1.807, 2.05) is 12.1 Å². The quantitative estimate of drug-likeness (QED) is 0.390. The zero-order valence-electron chi connectivity index (χ0n) is 15.1. The van der Waals surface area contributed by atoms with Gasteiger partial charge in [-0.25, -0.2) is 23.5 Å². The molecule has 0 aliphatic rings. The molecule has 0 saturated heterocycles. The first-order valence-corrected chi connectivity index (χ1v) is 10.6. The first kappa shape index (κ1) is 20.5. The van der Waals surface area contributed by atoms with Crippen molar-refractivity contribution in [2.45, 2.75) is 14.8 Å². The monoisotopic (exact) mass is 427 g/mol. The Kier molecular flexibility index (Phi) is 6.27. The number of benzene rings is 2. The number of sulfonamides is 1. The highest BCUT2D eigenvalue weighted by atomic mass is 32.2. The van der Waals surface area contributed by atoms with Crippen LogP contribution in [0.2, 0.25) is 0 Å². The molecular formula is C19H17N5O3S2. The van der Waals surface area contributed by atoms with Gasteiger partial charge < -0.3 is 10.6 Å². The van der Waals surface area contributed by atoms with E-state index in [-0.39, 0.29) is 10.8 Å². The largest absolute Gasteiger partial charge is 0.324 e. The number of hydrogen-bond acceptors (Lipinski definition) is 7. The maximum Gasteiger partial charge on any atom is 0.247 e. The van der Waals surface area contributed by atoms with Crippen molar-refractivity contribution >= 4 is 45.0 Å². The molecule has 1 amide bonds. The van der Waals surface area contributed by atoms with Gasteiger partial charge in [0.15, 0.2) is 0 Å². The van der Waals surface area contributed by atoms with Crippen LogP contribution in [0.25, 0.3) is 0 Å². The fraction of sp³-hybridized carbons (Fsp3) is 0. The van der Waals surface area contributed by atoms with Gasteiger partial charge in [-0.2, -0.15) is 0 Å². The standard InChI is InChI=1S/C19H17N5O3S2/c1-2-17(25)22-13-6-8-15(9-7-13)28-18-10-11-21-19(24-18)23-14-4-3-5-16(12-14)29(20,26)27/h2-12H,1H2,(H,22,25)(H2,20,26,27)(H,21,23,24). The number of nitrogens with zero attached hydrogens (tertiary/aromatic N) is 2. The summed E-state index contributed by atoms with van der Waals surface area (Å²) in [6.45, 7) is 3.41. The van der Waals surface area contributed by atoms with Gasteiger partial charge in [0, 0.05) is 22.5 Å². The molecule has 4 N–H and O–H groups in total. The van der Waals surface area contributed by atoms with Crippen molar-refractivity contribution in [1.29, 1.82) is 0 Å². The number of nitrogens with one attached hydrogen (secondary N) is 2. The molecule has 0 aliphatic heterocycles. The van der Waals surface area contributed by atoms with Crippen molar-refractivity contribution in [3.8, 4) is 0 Å². The molecule has 0 unspecified atom stereocenters. The Morgan fingerprint density at radius 1 is 1.10 bits per heavy atom. The van der Waals surface area contributed by atoms with E-state index in [1.165, 1.54) is 30.0 Å².